The van der Waals surface area contributed by atoms with Crippen molar-refractivity contribution in [3.05, 3.63) is 76.5 Å². The summed E-state index contributed by atoms with van der Waals surface area (Å²) in [4.78, 5) is 12.5. The minimum absolute atomic E-state index is 0.0267. The number of phenolic OH excluding ortho intramolecular Hbond substituents is 3. The molecular weight excluding hydrogens is 416 g/mol. The maximum absolute atomic E-state index is 12.5. The number of fused-ring (bicyclic) bond motifs is 2. The average Bonchev–Trinajstić information content (AvgIpc) is 2.77. The molecule has 3 aromatic carbocycles. The molecule has 0 saturated heterocycles. The molecule has 162 valence electrons. The molecule has 32 heavy (non-hydrogen) atoms. The Hall–Kier alpha value is -4.17. The van der Waals surface area contributed by atoms with Gasteiger partial charge in [0.05, 0.1) is 6.61 Å². The summed E-state index contributed by atoms with van der Waals surface area (Å²) in [5, 5.41) is 39.0. The van der Waals surface area contributed by atoms with E-state index in [1.807, 2.05) is 0 Å². The number of aromatic hydroxyl groups is 3. The highest BCUT2D eigenvalue weighted by atomic mass is 16.6. The second-order valence-electron chi connectivity index (χ2n) is 7.44. The van der Waals surface area contributed by atoms with Gasteiger partial charge in [-0.05, 0) is 35.9 Å². The second-order valence-corrected chi connectivity index (χ2v) is 7.44. The predicted molar refractivity (Wildman–Crippen MR) is 114 cm³/mol. The van der Waals surface area contributed by atoms with Crippen LogP contribution in [0.5, 0.6) is 28.7 Å². The van der Waals surface area contributed by atoms with Gasteiger partial charge in [-0.1, -0.05) is 12.1 Å². The Kier molecular flexibility index (Phi) is 4.64. The summed E-state index contributed by atoms with van der Waals surface area (Å²) in [6, 6.07) is 15.0. The molecule has 2 heterocycles. The van der Waals surface area contributed by atoms with Gasteiger partial charge in [-0.15, -0.1) is 0 Å². The molecule has 5 rings (SSSR count). The van der Waals surface area contributed by atoms with Crippen molar-refractivity contribution in [2.24, 2.45) is 0 Å². The van der Waals surface area contributed by atoms with Crippen molar-refractivity contribution < 1.29 is 34.3 Å². The molecule has 2 atom stereocenters. The van der Waals surface area contributed by atoms with Gasteiger partial charge in [0, 0.05) is 23.8 Å². The summed E-state index contributed by atoms with van der Waals surface area (Å²) in [5.41, 5.74) is 0.820. The van der Waals surface area contributed by atoms with Crippen molar-refractivity contribution in [1.82, 2.24) is 0 Å². The zero-order valence-corrected chi connectivity index (χ0v) is 16.6. The van der Waals surface area contributed by atoms with Gasteiger partial charge < -0.3 is 34.3 Å². The van der Waals surface area contributed by atoms with Crippen LogP contribution in [0.1, 0.15) is 11.7 Å². The lowest BCUT2D eigenvalue weighted by Crippen LogP contribution is -2.36. The van der Waals surface area contributed by atoms with Gasteiger partial charge in [0.15, 0.2) is 29.1 Å². The molecule has 0 aliphatic carbocycles. The maximum Gasteiger partial charge on any atom is 0.197 e. The lowest BCUT2D eigenvalue weighted by molar-refractivity contribution is -0.0122. The quantitative estimate of drug-likeness (QED) is 0.386. The van der Waals surface area contributed by atoms with Crippen LogP contribution in [0.15, 0.2) is 69.9 Å². The van der Waals surface area contributed by atoms with E-state index >= 15 is 0 Å². The number of phenols is 3. The molecule has 4 aromatic rings. The summed E-state index contributed by atoms with van der Waals surface area (Å²) in [5.74, 6) is 0.528. The Morgan fingerprint density at radius 3 is 2.34 bits per heavy atom. The van der Waals surface area contributed by atoms with Crippen LogP contribution in [0.4, 0.5) is 0 Å². The average molecular weight is 434 g/mol. The fraction of sp³-hybridized carbons (Fsp3) is 0.125. The third kappa shape index (κ3) is 3.36. The number of ether oxygens (including phenoxy) is 2. The highest BCUT2D eigenvalue weighted by molar-refractivity contribution is 5.86. The molecule has 8 heteroatoms. The van der Waals surface area contributed by atoms with Crippen molar-refractivity contribution >= 4 is 11.0 Å². The van der Waals surface area contributed by atoms with Crippen molar-refractivity contribution in [1.29, 1.82) is 0 Å². The second kappa shape index (κ2) is 7.51. The fourth-order valence-electron chi connectivity index (χ4n) is 3.76. The highest BCUT2D eigenvalue weighted by Gasteiger charge is 2.33. The number of hydrogen-bond acceptors (Lipinski definition) is 8. The van der Waals surface area contributed by atoms with Crippen molar-refractivity contribution in [2.45, 2.75) is 12.2 Å². The van der Waals surface area contributed by atoms with Crippen LogP contribution in [0.3, 0.4) is 0 Å². The molecule has 0 radical (unpaired) electrons. The zero-order chi connectivity index (χ0) is 22.4. The Balaban J connectivity index is 1.54. The van der Waals surface area contributed by atoms with Crippen LogP contribution in [-0.2, 0) is 0 Å². The molecule has 1 aliphatic rings. The minimum atomic E-state index is -0.695. The van der Waals surface area contributed by atoms with Crippen LogP contribution in [0, 0.1) is 0 Å². The van der Waals surface area contributed by atoms with E-state index in [1.165, 1.54) is 24.3 Å². The van der Waals surface area contributed by atoms with E-state index in [-0.39, 0.29) is 40.6 Å². The number of aliphatic hydroxyl groups excluding tert-OH is 1. The lowest BCUT2D eigenvalue weighted by atomic mass is 10.0. The Morgan fingerprint density at radius 1 is 0.812 bits per heavy atom. The van der Waals surface area contributed by atoms with E-state index < -0.39 is 17.6 Å². The first-order chi connectivity index (χ1) is 15.4. The van der Waals surface area contributed by atoms with Crippen LogP contribution >= 0.6 is 0 Å². The van der Waals surface area contributed by atoms with E-state index in [9.17, 15) is 25.2 Å². The predicted octanol–water partition coefficient (Wildman–Crippen LogP) is 3.45. The molecular formula is C24H18O8. The summed E-state index contributed by atoms with van der Waals surface area (Å²) in [6.07, 6.45) is -1.27. The van der Waals surface area contributed by atoms with E-state index in [1.54, 1.807) is 30.3 Å². The summed E-state index contributed by atoms with van der Waals surface area (Å²) >= 11 is 0. The van der Waals surface area contributed by atoms with E-state index in [4.69, 9.17) is 13.9 Å². The van der Waals surface area contributed by atoms with Gasteiger partial charge in [0.2, 0.25) is 0 Å². The van der Waals surface area contributed by atoms with E-state index in [2.05, 4.69) is 0 Å². The van der Waals surface area contributed by atoms with Gasteiger partial charge in [-0.25, -0.2) is 0 Å². The summed E-state index contributed by atoms with van der Waals surface area (Å²) in [6.45, 7) is -0.307. The van der Waals surface area contributed by atoms with Crippen LogP contribution in [-0.4, -0.2) is 33.1 Å². The van der Waals surface area contributed by atoms with Gasteiger partial charge in [0.25, 0.3) is 0 Å². The monoisotopic (exact) mass is 434 g/mol. The molecule has 8 nitrogen and oxygen atoms in total. The van der Waals surface area contributed by atoms with Gasteiger partial charge >= 0.3 is 0 Å². The first-order valence-electron chi connectivity index (χ1n) is 9.80. The molecule has 0 amide bonds. The van der Waals surface area contributed by atoms with Crippen molar-refractivity contribution in [3.63, 3.8) is 0 Å². The largest absolute Gasteiger partial charge is 0.508 e. The van der Waals surface area contributed by atoms with Crippen molar-refractivity contribution in [3.8, 4) is 40.1 Å². The minimum Gasteiger partial charge on any atom is -0.508 e. The number of aliphatic hydroxyl groups is 1. The molecule has 0 spiro atoms. The molecule has 1 aliphatic heterocycles. The first kappa shape index (κ1) is 19.8. The third-order valence-corrected chi connectivity index (χ3v) is 5.29. The summed E-state index contributed by atoms with van der Waals surface area (Å²) in [7, 11) is 0. The Labute approximate surface area is 181 Å². The maximum atomic E-state index is 12.5. The van der Waals surface area contributed by atoms with Gasteiger partial charge in [0.1, 0.15) is 34.0 Å². The number of rotatable bonds is 3. The zero-order valence-electron chi connectivity index (χ0n) is 16.6. The molecule has 1 aromatic heterocycles. The number of hydrogen-bond donors (Lipinski definition) is 4. The summed E-state index contributed by atoms with van der Waals surface area (Å²) < 4.78 is 17.8. The van der Waals surface area contributed by atoms with Gasteiger partial charge in [-0.2, -0.15) is 0 Å². The standard InChI is InChI=1S/C24H18O8/c25-11-22-24(12-1-4-14(26)5-2-12)32-18-6-3-13(7-20(18)31-22)19-10-17(29)23-16(28)8-15(27)9-21(23)30-19/h1-10,22,24-28H,11H2/t22?,24-/m0/s1. The topological polar surface area (TPSA) is 130 Å². The number of benzene rings is 3. The SMILES string of the molecule is O=c1cc(-c2ccc3c(c2)OC(CO)[C@H](c2ccc(O)cc2)O3)oc2cc(O)cc(O)c12. The molecule has 4 N–H and O–H groups in total. The lowest BCUT2D eigenvalue weighted by Gasteiger charge is -2.33. The van der Waals surface area contributed by atoms with Crippen LogP contribution in [0.2, 0.25) is 0 Å². The highest BCUT2D eigenvalue weighted by Crippen LogP contribution is 2.42. The Morgan fingerprint density at radius 2 is 1.59 bits per heavy atom. The fourth-order valence-corrected chi connectivity index (χ4v) is 3.76. The molecule has 0 fully saturated rings. The van der Waals surface area contributed by atoms with E-state index in [0.29, 0.717) is 17.1 Å². The third-order valence-electron chi connectivity index (χ3n) is 5.29. The normalized spacial score (nSPS) is 17.4. The van der Waals surface area contributed by atoms with Crippen molar-refractivity contribution in [2.75, 3.05) is 6.61 Å². The Bertz CT molecular complexity index is 1370. The smallest absolute Gasteiger partial charge is 0.197 e. The molecule has 1 unspecified atom stereocenters. The van der Waals surface area contributed by atoms with Crippen LogP contribution < -0.4 is 14.9 Å². The molecule has 0 bridgehead atoms. The first-order valence-corrected chi connectivity index (χ1v) is 9.80. The molecule has 0 saturated carbocycles. The van der Waals surface area contributed by atoms with Gasteiger partial charge in [-0.3, -0.25) is 4.79 Å². The van der Waals surface area contributed by atoms with Crippen LogP contribution in [0.25, 0.3) is 22.3 Å². The van der Waals surface area contributed by atoms with E-state index in [0.717, 1.165) is 11.6 Å².